The third-order valence-corrected chi connectivity index (χ3v) is 23.4. The zero-order valence-electron chi connectivity index (χ0n) is 45.5. The summed E-state index contributed by atoms with van der Waals surface area (Å²) in [6.45, 7) is 30.1. The Morgan fingerprint density at radius 1 is 0.530 bits per heavy atom. The molecule has 0 aliphatic heterocycles. The van der Waals surface area contributed by atoms with E-state index in [2.05, 4.69) is 95.2 Å². The van der Waals surface area contributed by atoms with Crippen LogP contribution in [0.5, 0.6) is 0 Å². The Hall–Kier alpha value is -1.25. The van der Waals surface area contributed by atoms with Crippen LogP contribution in [0.4, 0.5) is 4.79 Å². The maximum atomic E-state index is 14.1. The number of fused-ring (bicyclic) bond motifs is 10. The predicted octanol–water partition coefficient (Wildman–Crippen LogP) is 18.8. The van der Waals surface area contributed by atoms with Crippen LogP contribution in [0.25, 0.3) is 0 Å². The van der Waals surface area contributed by atoms with E-state index in [9.17, 15) is 4.79 Å². The molecule has 0 aromatic heterocycles. The lowest BCUT2D eigenvalue weighted by Crippen LogP contribution is -2.51. The molecule has 0 radical (unpaired) electrons. The van der Waals surface area contributed by atoms with Crippen molar-refractivity contribution in [3.8, 4) is 0 Å². The van der Waals surface area contributed by atoms with Gasteiger partial charge in [0, 0.05) is 0 Å². The fraction of sp³-hybridized carbons (Fsp3) is 0.921. The number of carbonyl (C=O) groups is 1. The van der Waals surface area contributed by atoms with Crippen LogP contribution in [0.15, 0.2) is 23.3 Å². The van der Waals surface area contributed by atoms with E-state index in [0.717, 1.165) is 110 Å². The van der Waals surface area contributed by atoms with Crippen molar-refractivity contribution in [1.82, 2.24) is 0 Å². The SMILES string of the molecule is CCCC(OC(=O)OC(CCC)[C@H]1CC[C@@]2(C)C(=CC[C@H]3[C@@H]4CC[C@H]([C@H](C)CCCC(C)C)[C@@]4(C)CC[C@@H]32)C1)[C@H]1CC[C@@]2(C)C(=CC[C@H]3[C@@H]4CC[C@H]([C@H](C)CCCC(C)C)[C@@]4(C)CC[C@@H]32)C1. The lowest BCUT2D eigenvalue weighted by atomic mass is 9.46. The van der Waals surface area contributed by atoms with Gasteiger partial charge in [-0.05, 0) is 220 Å². The van der Waals surface area contributed by atoms with Crippen molar-refractivity contribution < 1.29 is 14.3 Å². The summed E-state index contributed by atoms with van der Waals surface area (Å²) in [6, 6.07) is 0. The van der Waals surface area contributed by atoms with Gasteiger partial charge in [0.15, 0.2) is 0 Å². The Morgan fingerprint density at radius 2 is 0.939 bits per heavy atom. The van der Waals surface area contributed by atoms with Crippen LogP contribution >= 0.6 is 0 Å². The molecular formula is C63H106O3. The van der Waals surface area contributed by atoms with Gasteiger partial charge >= 0.3 is 6.16 Å². The van der Waals surface area contributed by atoms with E-state index in [-0.39, 0.29) is 18.4 Å². The molecule has 0 aromatic carbocycles. The highest BCUT2D eigenvalue weighted by Gasteiger charge is 2.61. The maximum absolute atomic E-state index is 14.1. The van der Waals surface area contributed by atoms with Gasteiger partial charge < -0.3 is 9.47 Å². The molecule has 0 heterocycles. The monoisotopic (exact) mass is 911 g/mol. The summed E-state index contributed by atoms with van der Waals surface area (Å²) in [5, 5.41) is 0. The summed E-state index contributed by atoms with van der Waals surface area (Å²) in [6.07, 6.45) is 38.7. The summed E-state index contributed by atoms with van der Waals surface area (Å²) in [5.41, 5.74) is 5.14. The Labute approximate surface area is 408 Å². The predicted molar refractivity (Wildman–Crippen MR) is 278 cm³/mol. The molecule has 0 saturated heterocycles. The van der Waals surface area contributed by atoms with E-state index in [1.807, 2.05) is 0 Å². The van der Waals surface area contributed by atoms with Gasteiger partial charge in [0.2, 0.25) is 0 Å². The number of hydrogen-bond donors (Lipinski definition) is 0. The Kier molecular flexibility index (Phi) is 16.1. The van der Waals surface area contributed by atoms with Crippen molar-refractivity contribution in [3.63, 3.8) is 0 Å². The Bertz CT molecular complexity index is 1570. The second-order valence-electron chi connectivity index (χ2n) is 27.7. The van der Waals surface area contributed by atoms with E-state index < -0.39 is 0 Å². The lowest BCUT2D eigenvalue weighted by molar-refractivity contribution is -0.0717. The van der Waals surface area contributed by atoms with Gasteiger partial charge in [-0.3, -0.25) is 0 Å². The van der Waals surface area contributed by atoms with E-state index in [1.165, 1.54) is 128 Å². The van der Waals surface area contributed by atoms with E-state index in [4.69, 9.17) is 9.47 Å². The molecule has 3 heteroatoms. The first-order chi connectivity index (χ1) is 31.5. The zero-order chi connectivity index (χ0) is 47.2. The highest BCUT2D eigenvalue weighted by atomic mass is 16.7. The molecule has 8 aliphatic carbocycles. The average Bonchev–Trinajstić information content (AvgIpc) is 3.82. The first-order valence-electron chi connectivity index (χ1n) is 29.7. The minimum absolute atomic E-state index is 0.0433. The highest BCUT2D eigenvalue weighted by molar-refractivity contribution is 5.60. The minimum Gasteiger partial charge on any atom is -0.431 e. The number of carbonyl (C=O) groups excluding carboxylic acids is 1. The summed E-state index contributed by atoms with van der Waals surface area (Å²) in [7, 11) is 0. The number of hydrogen-bond acceptors (Lipinski definition) is 3. The smallest absolute Gasteiger partial charge is 0.431 e. The summed E-state index contributed by atoms with van der Waals surface area (Å²) in [4.78, 5) is 14.1. The third-order valence-electron chi connectivity index (χ3n) is 23.4. The summed E-state index contributed by atoms with van der Waals surface area (Å²) < 4.78 is 13.1. The van der Waals surface area contributed by atoms with Crippen LogP contribution in [0.2, 0.25) is 0 Å². The molecule has 0 amide bonds. The van der Waals surface area contributed by atoms with Crippen molar-refractivity contribution in [1.29, 1.82) is 0 Å². The number of allylic oxidation sites excluding steroid dienone is 4. The maximum Gasteiger partial charge on any atom is 0.508 e. The Morgan fingerprint density at radius 3 is 1.32 bits per heavy atom. The zero-order valence-corrected chi connectivity index (χ0v) is 45.5. The molecule has 66 heavy (non-hydrogen) atoms. The molecule has 0 bridgehead atoms. The molecule has 0 spiro atoms. The molecule has 0 N–H and O–H groups in total. The molecule has 8 aliphatic rings. The van der Waals surface area contributed by atoms with E-state index in [0.29, 0.717) is 33.5 Å². The molecule has 18 atom stereocenters. The standard InChI is InChI=1S/C63H106O3/c1-13-17-57(45-31-35-60(9)47(39-45)23-25-49-53-29-27-51(43(7)21-15-19-41(3)4)62(53,11)37-33-55(49)60)65-59(64)66-58(18-14-2)46-32-36-61(10)48(40-46)24-26-50-54-30-28-52(44(8)22-16-20-42(5)6)63(54,12)38-34-56(50)61/h23-24,41-46,49-58H,13-22,25-40H2,1-12H3/t43-,44-,45+,46+,49+,50+,51-,52-,53+,54+,55+,56+,57?,58?,60+,61+,62-,63-/m1/s1. The quantitative estimate of drug-likeness (QED) is 0.102. The first kappa shape index (κ1) is 51.1. The molecular weight excluding hydrogens is 805 g/mol. The molecule has 376 valence electrons. The van der Waals surface area contributed by atoms with E-state index in [1.54, 1.807) is 11.1 Å². The van der Waals surface area contributed by atoms with Gasteiger partial charge in [0.1, 0.15) is 12.2 Å². The second-order valence-corrected chi connectivity index (χ2v) is 27.7. The average molecular weight is 912 g/mol. The molecule has 2 unspecified atom stereocenters. The second kappa shape index (κ2) is 20.8. The normalized spacial score (nSPS) is 42.4. The van der Waals surface area contributed by atoms with Gasteiger partial charge in [0.05, 0.1) is 0 Å². The van der Waals surface area contributed by atoms with Crippen molar-refractivity contribution in [3.05, 3.63) is 23.3 Å². The number of rotatable bonds is 18. The topological polar surface area (TPSA) is 35.5 Å². The summed E-state index contributed by atoms with van der Waals surface area (Å²) in [5.74, 6) is 11.2. The van der Waals surface area contributed by atoms with Crippen LogP contribution in [0.3, 0.4) is 0 Å². The van der Waals surface area contributed by atoms with Gasteiger partial charge in [-0.15, -0.1) is 0 Å². The van der Waals surface area contributed by atoms with Crippen LogP contribution in [-0.4, -0.2) is 18.4 Å². The van der Waals surface area contributed by atoms with E-state index >= 15 is 0 Å². The highest BCUT2D eigenvalue weighted by Crippen LogP contribution is 2.70. The molecule has 3 nitrogen and oxygen atoms in total. The Balaban J connectivity index is 0.871. The van der Waals surface area contributed by atoms with Crippen LogP contribution in [-0.2, 0) is 9.47 Å². The fourth-order valence-electron chi connectivity index (χ4n) is 19.7. The van der Waals surface area contributed by atoms with Crippen LogP contribution < -0.4 is 0 Å². The van der Waals surface area contributed by atoms with Gasteiger partial charge in [-0.25, -0.2) is 4.79 Å². The third kappa shape index (κ3) is 9.74. The van der Waals surface area contributed by atoms with Crippen molar-refractivity contribution in [2.45, 2.75) is 262 Å². The fourth-order valence-corrected chi connectivity index (χ4v) is 19.7. The summed E-state index contributed by atoms with van der Waals surface area (Å²) >= 11 is 0. The molecule has 8 rings (SSSR count). The van der Waals surface area contributed by atoms with Crippen molar-refractivity contribution in [2.75, 3.05) is 0 Å². The van der Waals surface area contributed by atoms with Crippen LogP contribution in [0, 0.1) is 105 Å². The van der Waals surface area contributed by atoms with Crippen molar-refractivity contribution >= 4 is 6.16 Å². The van der Waals surface area contributed by atoms with Gasteiger partial charge in [0.25, 0.3) is 0 Å². The first-order valence-corrected chi connectivity index (χ1v) is 29.7. The molecule has 6 fully saturated rings. The largest absolute Gasteiger partial charge is 0.508 e. The van der Waals surface area contributed by atoms with Crippen LogP contribution in [0.1, 0.15) is 250 Å². The van der Waals surface area contributed by atoms with Crippen molar-refractivity contribution in [2.24, 2.45) is 105 Å². The van der Waals surface area contributed by atoms with Gasteiger partial charge in [-0.1, -0.05) is 158 Å². The lowest BCUT2D eigenvalue weighted by Gasteiger charge is -2.59. The number of ether oxygens (including phenoxy) is 2. The van der Waals surface area contributed by atoms with Gasteiger partial charge in [-0.2, -0.15) is 0 Å². The molecule has 6 saturated carbocycles. The molecule has 0 aromatic rings. The minimum atomic E-state index is -0.370.